The number of fused-ring (bicyclic) bond motifs is 2. The van der Waals surface area contributed by atoms with Crippen LogP contribution in [0.2, 0.25) is 5.02 Å². The molecule has 2 aromatic heterocycles. The molecule has 14 nitrogen and oxygen atoms in total. The number of esters is 2. The summed E-state index contributed by atoms with van der Waals surface area (Å²) in [4.78, 5) is 79.6. The molecule has 1 N–H and O–H groups in total. The molecule has 1 aliphatic heterocycles. The topological polar surface area (TPSA) is 173 Å². The monoisotopic (exact) mass is 872 g/mol. The van der Waals surface area contributed by atoms with E-state index in [4.69, 9.17) is 40.3 Å². The molecule has 4 fully saturated rings. The zero-order chi connectivity index (χ0) is 44.9. The number of hydrogen-bond donors (Lipinski definition) is 1. The van der Waals surface area contributed by atoms with Gasteiger partial charge in [0, 0.05) is 24.3 Å². The second kappa shape index (κ2) is 17.1. The van der Waals surface area contributed by atoms with Gasteiger partial charge in [0.05, 0.1) is 61.5 Å². The highest BCUT2D eigenvalue weighted by atomic mass is 35.5. The molecule has 332 valence electrons. The number of likely N-dealkylation sites (tertiary alicyclic amines) is 1. The van der Waals surface area contributed by atoms with Gasteiger partial charge in [0.15, 0.2) is 5.78 Å². The molecule has 62 heavy (non-hydrogen) atoms. The third kappa shape index (κ3) is 9.55. The fourth-order valence-corrected chi connectivity index (χ4v) is 9.45. The summed E-state index contributed by atoms with van der Waals surface area (Å²) in [6.45, 7) is 14.8. The first kappa shape index (κ1) is 44.8. The Morgan fingerprint density at radius 2 is 1.68 bits per heavy atom. The van der Waals surface area contributed by atoms with Crippen LogP contribution in [0, 0.1) is 34.5 Å². The van der Waals surface area contributed by atoms with Gasteiger partial charge in [-0.2, -0.15) is 0 Å². The first-order valence-corrected chi connectivity index (χ1v) is 21.7. The number of ether oxygens (including phenoxy) is 5. The molecule has 1 saturated heterocycles. The summed E-state index contributed by atoms with van der Waals surface area (Å²) in [7, 11) is 2.79. The lowest BCUT2D eigenvalue weighted by molar-refractivity contribution is -0.157. The largest absolute Gasteiger partial charge is 0.495 e. The number of nitrogens with zero attached hydrogens (tertiary/aromatic N) is 3. The molecular formula is C47H57ClN4O10. The van der Waals surface area contributed by atoms with Crippen LogP contribution in [-0.4, -0.2) is 89.2 Å². The SMILES string of the molecule is C=C[C@@H]1C[C@]1(CC(=O)[C@@H]1C[C@@H](Oc2cc(-c3cccc(NC(=O)OC(C)(C)C)n3)nc3c(Cl)c(OC)ccc23)CN1C(=O)[C@@H](CC(=O)OC1C[C@@H]2C[C@@H]2C1)C(C)(C)C)C(=O)OC. The van der Waals surface area contributed by atoms with Crippen LogP contribution in [0.5, 0.6) is 11.5 Å². The molecule has 2 amide bonds. The summed E-state index contributed by atoms with van der Waals surface area (Å²) >= 11 is 6.87. The van der Waals surface area contributed by atoms with Crippen molar-refractivity contribution in [3.8, 4) is 22.9 Å². The van der Waals surface area contributed by atoms with Crippen LogP contribution in [0.4, 0.5) is 10.6 Å². The predicted molar refractivity (Wildman–Crippen MR) is 232 cm³/mol. The Labute approximate surface area is 367 Å². The van der Waals surface area contributed by atoms with E-state index >= 15 is 0 Å². The van der Waals surface area contributed by atoms with Crippen LogP contribution in [0.1, 0.15) is 86.5 Å². The van der Waals surface area contributed by atoms with Crippen LogP contribution < -0.4 is 14.8 Å². The van der Waals surface area contributed by atoms with Crippen molar-refractivity contribution in [2.24, 2.45) is 34.5 Å². The molecule has 8 atom stereocenters. The van der Waals surface area contributed by atoms with Gasteiger partial charge >= 0.3 is 18.0 Å². The van der Waals surface area contributed by atoms with Gasteiger partial charge < -0.3 is 28.6 Å². The van der Waals surface area contributed by atoms with E-state index in [0.717, 1.165) is 12.8 Å². The molecule has 15 heteroatoms. The Hall–Kier alpha value is -5.24. The van der Waals surface area contributed by atoms with E-state index in [9.17, 15) is 24.0 Å². The van der Waals surface area contributed by atoms with Gasteiger partial charge in [-0.1, -0.05) is 44.5 Å². The van der Waals surface area contributed by atoms with Gasteiger partial charge in [0.25, 0.3) is 0 Å². The van der Waals surface area contributed by atoms with Gasteiger partial charge in [-0.3, -0.25) is 24.5 Å². The number of methoxy groups -OCH3 is 2. The van der Waals surface area contributed by atoms with Crippen molar-refractivity contribution >= 4 is 58.0 Å². The molecule has 1 aromatic carbocycles. The normalized spacial score (nSPS) is 25.6. The second-order valence-corrected chi connectivity index (χ2v) is 19.7. The number of amides is 2. The summed E-state index contributed by atoms with van der Waals surface area (Å²) in [5, 5.41) is 3.42. The first-order valence-electron chi connectivity index (χ1n) is 21.3. The molecule has 3 aromatic rings. The molecule has 1 unspecified atom stereocenters. The van der Waals surface area contributed by atoms with Crippen LogP contribution in [-0.2, 0) is 33.4 Å². The van der Waals surface area contributed by atoms with Crippen molar-refractivity contribution in [1.82, 2.24) is 14.9 Å². The summed E-state index contributed by atoms with van der Waals surface area (Å²) in [6.07, 6.45) is 3.23. The van der Waals surface area contributed by atoms with E-state index in [1.54, 1.807) is 63.2 Å². The Morgan fingerprint density at radius 1 is 0.952 bits per heavy atom. The molecule has 0 spiro atoms. The van der Waals surface area contributed by atoms with E-state index in [0.29, 0.717) is 52.0 Å². The van der Waals surface area contributed by atoms with E-state index in [1.165, 1.54) is 25.5 Å². The Morgan fingerprint density at radius 3 is 2.31 bits per heavy atom. The lowest BCUT2D eigenvalue weighted by atomic mass is 9.77. The number of allylic oxidation sites excluding steroid dienone is 1. The Kier molecular flexibility index (Phi) is 12.4. The number of nitrogens with one attached hydrogen (secondary N) is 1. The number of rotatable bonds is 14. The molecule has 3 saturated carbocycles. The molecule has 3 heterocycles. The molecule has 7 rings (SSSR count). The van der Waals surface area contributed by atoms with Crippen molar-refractivity contribution in [3.05, 3.63) is 54.1 Å². The molecular weight excluding hydrogens is 816 g/mol. The summed E-state index contributed by atoms with van der Waals surface area (Å²) < 4.78 is 28.8. The van der Waals surface area contributed by atoms with Crippen LogP contribution in [0.25, 0.3) is 22.3 Å². The lowest BCUT2D eigenvalue weighted by Crippen LogP contribution is -2.48. The smallest absolute Gasteiger partial charge is 0.413 e. The van der Waals surface area contributed by atoms with Gasteiger partial charge in [0.2, 0.25) is 5.91 Å². The van der Waals surface area contributed by atoms with E-state index in [2.05, 4.69) is 16.9 Å². The first-order chi connectivity index (χ1) is 29.2. The molecule has 0 bridgehead atoms. The number of carbonyl (C=O) groups is 5. The van der Waals surface area contributed by atoms with Gasteiger partial charge in [-0.25, -0.2) is 14.8 Å². The highest BCUT2D eigenvalue weighted by Gasteiger charge is 2.61. The average Bonchev–Trinajstić information content (AvgIpc) is 4.01. The van der Waals surface area contributed by atoms with Crippen molar-refractivity contribution < 1.29 is 47.7 Å². The van der Waals surface area contributed by atoms with Crippen LogP contribution in [0.3, 0.4) is 0 Å². The third-order valence-electron chi connectivity index (χ3n) is 12.6. The van der Waals surface area contributed by atoms with Crippen LogP contribution in [0.15, 0.2) is 49.1 Å². The van der Waals surface area contributed by atoms with Crippen molar-refractivity contribution in [2.45, 2.75) is 110 Å². The highest BCUT2D eigenvalue weighted by molar-refractivity contribution is 6.36. The summed E-state index contributed by atoms with van der Waals surface area (Å²) in [5.41, 5.74) is -1.39. The van der Waals surface area contributed by atoms with Crippen molar-refractivity contribution in [1.29, 1.82) is 0 Å². The summed E-state index contributed by atoms with van der Waals surface area (Å²) in [6, 6.07) is 9.22. The third-order valence-corrected chi connectivity index (χ3v) is 13.0. The minimum absolute atomic E-state index is 0.00947. The van der Waals surface area contributed by atoms with Gasteiger partial charge in [-0.15, -0.1) is 6.58 Å². The number of hydrogen-bond acceptors (Lipinski definition) is 12. The second-order valence-electron chi connectivity index (χ2n) is 19.3. The highest BCUT2D eigenvalue weighted by Crippen LogP contribution is 2.57. The molecule has 4 aliphatic rings. The average molecular weight is 873 g/mol. The number of anilines is 1. The predicted octanol–water partition coefficient (Wildman–Crippen LogP) is 8.37. The van der Waals surface area contributed by atoms with Gasteiger partial charge in [-0.05, 0) is 93.9 Å². The Balaban J connectivity index is 1.21. The maximum absolute atomic E-state index is 14.9. The fourth-order valence-electron chi connectivity index (χ4n) is 9.17. The van der Waals surface area contributed by atoms with Gasteiger partial charge in [0.1, 0.15) is 40.1 Å². The number of Topliss-reactive ketones (excluding diaryl/α,β-unsaturated/α-hetero) is 1. The summed E-state index contributed by atoms with van der Waals surface area (Å²) in [5.74, 6) is -0.493. The Bertz CT molecular complexity index is 2280. The zero-order valence-electron chi connectivity index (χ0n) is 36.7. The standard InChI is InChI=1S/C47H57ClN4O10/c1-10-27-22-47(27,43(56)59-9)23-35(53)34-19-29(24-52(34)42(55)31(45(2,3)4)20-39(54)61-28-17-25-16-26(25)18-28)60-37-21-33(50-41-30(37)14-15-36(58-8)40(41)48)32-12-11-13-38(49-32)51-44(57)62-46(5,6)7/h10-15,21,25-29,31,34H,1,16-20,22-24H2,2-9H3,(H,49,51,57)/t25-,26+,27-,28?,29-,31-,34+,47-/m1/s1. The quantitative estimate of drug-likeness (QED) is 0.0933. The number of carbonyl (C=O) groups excluding carboxylic acids is 5. The number of halogens is 1. The molecule has 3 aliphatic carbocycles. The van der Waals surface area contributed by atoms with E-state index in [-0.39, 0.29) is 60.4 Å². The number of aromatic nitrogens is 2. The van der Waals surface area contributed by atoms with Crippen molar-refractivity contribution in [3.63, 3.8) is 0 Å². The number of benzene rings is 1. The fraction of sp³-hybridized carbons (Fsp3) is 0.553. The van der Waals surface area contributed by atoms with Crippen molar-refractivity contribution in [2.75, 3.05) is 26.1 Å². The lowest BCUT2D eigenvalue weighted by Gasteiger charge is -2.35. The zero-order valence-corrected chi connectivity index (χ0v) is 37.5. The maximum Gasteiger partial charge on any atom is 0.413 e. The number of pyridine rings is 2. The minimum Gasteiger partial charge on any atom is -0.495 e. The maximum atomic E-state index is 14.9. The minimum atomic E-state index is -1.07. The number of ketones is 1. The molecule has 0 radical (unpaired) electrons. The van der Waals surface area contributed by atoms with E-state index < -0.39 is 52.5 Å². The van der Waals surface area contributed by atoms with E-state index in [1.807, 2.05) is 20.8 Å². The van der Waals surface area contributed by atoms with Crippen LogP contribution >= 0.6 is 11.6 Å².